The lowest BCUT2D eigenvalue weighted by molar-refractivity contribution is 0.237. The van der Waals surface area contributed by atoms with Gasteiger partial charge in [-0.1, -0.05) is 31.5 Å². The van der Waals surface area contributed by atoms with Crippen molar-refractivity contribution in [3.8, 4) is 5.75 Å². The summed E-state index contributed by atoms with van der Waals surface area (Å²) in [6, 6.07) is 6.47. The Morgan fingerprint density at radius 1 is 1.35 bits per heavy atom. The summed E-state index contributed by atoms with van der Waals surface area (Å²) in [4.78, 5) is 0. The lowest BCUT2D eigenvalue weighted by atomic mass is 9.76. The third kappa shape index (κ3) is 2.81. The molecule has 1 N–H and O–H groups in total. The van der Waals surface area contributed by atoms with Crippen LogP contribution in [0.4, 0.5) is 0 Å². The van der Waals surface area contributed by atoms with Gasteiger partial charge in [-0.25, -0.2) is 0 Å². The van der Waals surface area contributed by atoms with Crippen LogP contribution in [0.2, 0.25) is 0 Å². The molecule has 1 unspecified atom stereocenters. The number of aryl methyl sites for hydroxylation is 1. The monoisotopic (exact) mass is 233 g/mol. The van der Waals surface area contributed by atoms with Gasteiger partial charge in [0.2, 0.25) is 0 Å². The Balaban J connectivity index is 2.29. The largest absolute Gasteiger partial charge is 0.496 e. The fourth-order valence-corrected chi connectivity index (χ4v) is 2.79. The summed E-state index contributed by atoms with van der Waals surface area (Å²) in [5.74, 6) is 1.59. The summed E-state index contributed by atoms with van der Waals surface area (Å²) in [5.41, 5.74) is 3.04. The highest BCUT2D eigenvalue weighted by Crippen LogP contribution is 2.38. The van der Waals surface area contributed by atoms with Crippen LogP contribution in [0.15, 0.2) is 18.2 Å². The van der Waals surface area contributed by atoms with E-state index in [1.165, 1.54) is 17.5 Å². The van der Waals surface area contributed by atoms with Crippen LogP contribution in [0.3, 0.4) is 0 Å². The number of hydrogen-bond donors (Lipinski definition) is 1. The predicted molar refractivity (Wildman–Crippen MR) is 71.7 cm³/mol. The van der Waals surface area contributed by atoms with Gasteiger partial charge in [-0.3, -0.25) is 0 Å². The van der Waals surface area contributed by atoms with Crippen molar-refractivity contribution in [2.75, 3.05) is 20.2 Å². The van der Waals surface area contributed by atoms with Crippen LogP contribution in [0, 0.1) is 12.3 Å². The highest BCUT2D eigenvalue weighted by atomic mass is 16.5. The molecule has 1 aliphatic rings. The number of rotatable bonds is 2. The van der Waals surface area contributed by atoms with E-state index in [1.807, 2.05) is 0 Å². The number of ether oxygens (including phenoxy) is 1. The molecule has 1 heterocycles. The molecule has 0 aliphatic carbocycles. The van der Waals surface area contributed by atoms with Crippen LogP contribution in [-0.4, -0.2) is 20.2 Å². The van der Waals surface area contributed by atoms with E-state index >= 15 is 0 Å². The second-order valence-corrected chi connectivity index (χ2v) is 5.94. The lowest BCUT2D eigenvalue weighted by Gasteiger charge is -2.36. The van der Waals surface area contributed by atoms with Crippen molar-refractivity contribution in [2.45, 2.75) is 33.1 Å². The molecule has 0 aromatic heterocycles. The molecule has 94 valence electrons. The molecular weight excluding hydrogens is 210 g/mol. The zero-order valence-electron chi connectivity index (χ0n) is 11.3. The quantitative estimate of drug-likeness (QED) is 0.847. The molecule has 0 spiro atoms. The zero-order chi connectivity index (χ0) is 12.5. The van der Waals surface area contributed by atoms with Gasteiger partial charge >= 0.3 is 0 Å². The van der Waals surface area contributed by atoms with Gasteiger partial charge in [-0.05, 0) is 30.4 Å². The molecular formula is C15H23NO. The van der Waals surface area contributed by atoms with Crippen molar-refractivity contribution in [3.63, 3.8) is 0 Å². The van der Waals surface area contributed by atoms with Gasteiger partial charge < -0.3 is 10.1 Å². The maximum Gasteiger partial charge on any atom is 0.122 e. The van der Waals surface area contributed by atoms with Gasteiger partial charge in [-0.2, -0.15) is 0 Å². The van der Waals surface area contributed by atoms with Gasteiger partial charge in [0.15, 0.2) is 0 Å². The van der Waals surface area contributed by atoms with Crippen LogP contribution in [0.1, 0.15) is 37.3 Å². The van der Waals surface area contributed by atoms with Gasteiger partial charge in [0.1, 0.15) is 5.75 Å². The Kier molecular flexibility index (Phi) is 3.43. The Morgan fingerprint density at radius 3 is 2.76 bits per heavy atom. The molecule has 2 rings (SSSR count). The van der Waals surface area contributed by atoms with E-state index in [-0.39, 0.29) is 0 Å². The van der Waals surface area contributed by atoms with Crippen molar-refractivity contribution in [1.82, 2.24) is 5.32 Å². The second-order valence-electron chi connectivity index (χ2n) is 5.94. The molecule has 0 bridgehead atoms. The first-order chi connectivity index (χ1) is 8.02. The maximum atomic E-state index is 5.49. The minimum Gasteiger partial charge on any atom is -0.496 e. The predicted octanol–water partition coefficient (Wildman–Crippen LogP) is 3.11. The van der Waals surface area contributed by atoms with Gasteiger partial charge in [0.05, 0.1) is 7.11 Å². The zero-order valence-corrected chi connectivity index (χ0v) is 11.3. The third-order valence-electron chi connectivity index (χ3n) is 3.62. The minimum atomic E-state index is 0.373. The molecule has 0 radical (unpaired) electrons. The van der Waals surface area contributed by atoms with Gasteiger partial charge in [0, 0.05) is 19.0 Å². The highest BCUT2D eigenvalue weighted by Gasteiger charge is 2.30. The van der Waals surface area contributed by atoms with Crippen molar-refractivity contribution in [3.05, 3.63) is 29.3 Å². The van der Waals surface area contributed by atoms with Crippen LogP contribution in [0.25, 0.3) is 0 Å². The summed E-state index contributed by atoms with van der Waals surface area (Å²) >= 11 is 0. The van der Waals surface area contributed by atoms with Crippen LogP contribution < -0.4 is 10.1 Å². The van der Waals surface area contributed by atoms with Crippen molar-refractivity contribution in [1.29, 1.82) is 0 Å². The Morgan fingerprint density at radius 2 is 2.12 bits per heavy atom. The van der Waals surface area contributed by atoms with E-state index in [0.29, 0.717) is 11.3 Å². The molecule has 1 aromatic rings. The molecule has 1 fully saturated rings. The first-order valence-corrected chi connectivity index (χ1v) is 6.37. The summed E-state index contributed by atoms with van der Waals surface area (Å²) in [7, 11) is 1.76. The van der Waals surface area contributed by atoms with E-state index < -0.39 is 0 Å². The molecule has 1 aromatic carbocycles. The Bertz CT molecular complexity index is 398. The summed E-state index contributed by atoms with van der Waals surface area (Å²) in [6.45, 7) is 8.97. The second kappa shape index (κ2) is 4.69. The van der Waals surface area contributed by atoms with E-state index in [9.17, 15) is 0 Å². The fourth-order valence-electron chi connectivity index (χ4n) is 2.79. The molecule has 2 nitrogen and oxygen atoms in total. The normalized spacial score (nSPS) is 23.4. The first kappa shape index (κ1) is 12.4. The highest BCUT2D eigenvalue weighted by molar-refractivity contribution is 5.40. The smallest absolute Gasteiger partial charge is 0.122 e. The first-order valence-electron chi connectivity index (χ1n) is 6.37. The number of nitrogens with one attached hydrogen (secondary N) is 1. The minimum absolute atomic E-state index is 0.373. The number of piperidine rings is 1. The number of methoxy groups -OCH3 is 1. The third-order valence-corrected chi connectivity index (χ3v) is 3.62. The molecule has 1 atom stereocenters. The van der Waals surface area contributed by atoms with E-state index in [1.54, 1.807) is 7.11 Å². The van der Waals surface area contributed by atoms with Gasteiger partial charge in [-0.15, -0.1) is 0 Å². The van der Waals surface area contributed by atoms with E-state index in [0.717, 1.165) is 18.8 Å². The topological polar surface area (TPSA) is 21.3 Å². The van der Waals surface area contributed by atoms with Crippen molar-refractivity contribution >= 4 is 0 Å². The van der Waals surface area contributed by atoms with Crippen LogP contribution in [-0.2, 0) is 0 Å². The molecule has 0 amide bonds. The van der Waals surface area contributed by atoms with Crippen molar-refractivity contribution in [2.24, 2.45) is 5.41 Å². The van der Waals surface area contributed by atoms with Crippen LogP contribution in [0.5, 0.6) is 5.75 Å². The van der Waals surface area contributed by atoms with Crippen LogP contribution >= 0.6 is 0 Å². The molecule has 1 saturated heterocycles. The van der Waals surface area contributed by atoms with E-state index in [2.05, 4.69) is 44.3 Å². The Labute approximate surface area is 104 Å². The average molecular weight is 233 g/mol. The fraction of sp³-hybridized carbons (Fsp3) is 0.600. The standard InChI is InChI=1S/C15H23NO/c1-11-5-6-14(17-4)13(7-11)12-8-15(2,3)10-16-9-12/h5-7,12,16H,8-10H2,1-4H3. The summed E-state index contributed by atoms with van der Waals surface area (Å²) in [5, 5.41) is 3.54. The van der Waals surface area contributed by atoms with E-state index in [4.69, 9.17) is 4.74 Å². The SMILES string of the molecule is COc1ccc(C)cc1C1CNCC(C)(C)C1. The molecule has 17 heavy (non-hydrogen) atoms. The number of hydrogen-bond acceptors (Lipinski definition) is 2. The Hall–Kier alpha value is -1.02. The molecule has 0 saturated carbocycles. The van der Waals surface area contributed by atoms with Gasteiger partial charge in [0.25, 0.3) is 0 Å². The summed E-state index contributed by atoms with van der Waals surface area (Å²) in [6.07, 6.45) is 1.22. The molecule has 2 heteroatoms. The maximum absolute atomic E-state index is 5.49. The summed E-state index contributed by atoms with van der Waals surface area (Å²) < 4.78 is 5.49. The average Bonchev–Trinajstić information content (AvgIpc) is 2.27. The lowest BCUT2D eigenvalue weighted by Crippen LogP contribution is -2.40. The van der Waals surface area contributed by atoms with Crippen molar-refractivity contribution < 1.29 is 4.74 Å². The molecule has 1 aliphatic heterocycles. The number of benzene rings is 1.